The van der Waals surface area contributed by atoms with Crippen LogP contribution in [0.15, 0.2) is 48.3 Å². The summed E-state index contributed by atoms with van der Waals surface area (Å²) in [5.74, 6) is 0.833. The van der Waals surface area contributed by atoms with Gasteiger partial charge in [0.05, 0.1) is 0 Å². The van der Waals surface area contributed by atoms with E-state index >= 15 is 0 Å². The molecule has 2 N–H and O–H groups in total. The molecular weight excluding hydrogens is 260 g/mol. The molecule has 0 aromatic heterocycles. The molecule has 1 fully saturated rings. The highest BCUT2D eigenvalue weighted by molar-refractivity contribution is 6.30. The molecule has 1 saturated heterocycles. The van der Waals surface area contributed by atoms with Gasteiger partial charge < -0.3 is 10.6 Å². The normalized spacial score (nSPS) is 14.3. The molecule has 0 amide bonds. The second kappa shape index (κ2) is 6.43. The fourth-order valence-electron chi connectivity index (χ4n) is 2.02. The Morgan fingerprint density at radius 3 is 2.47 bits per heavy atom. The fraction of sp³-hybridized carbons (Fsp3) is 0.267. The van der Waals surface area contributed by atoms with E-state index < -0.39 is 0 Å². The van der Waals surface area contributed by atoms with E-state index in [9.17, 15) is 4.79 Å². The zero-order valence-electron chi connectivity index (χ0n) is 10.7. The number of Topliss-reactive ketones (excluding diaryl/α,β-unsaturated/α-hetero) is 1. The van der Waals surface area contributed by atoms with Crippen LogP contribution in [0.3, 0.4) is 0 Å². The van der Waals surface area contributed by atoms with Gasteiger partial charge in [-0.15, -0.1) is 6.58 Å². The lowest BCUT2D eigenvalue weighted by Crippen LogP contribution is -2.37. The second-order valence-corrected chi connectivity index (χ2v) is 4.83. The van der Waals surface area contributed by atoms with E-state index in [1.807, 2.05) is 0 Å². The summed E-state index contributed by atoms with van der Waals surface area (Å²) in [7, 11) is 0. The van der Waals surface area contributed by atoms with Crippen LogP contribution in [0.4, 0.5) is 0 Å². The molecule has 0 aliphatic carbocycles. The van der Waals surface area contributed by atoms with Crippen LogP contribution in [0.1, 0.15) is 23.2 Å². The highest BCUT2D eigenvalue weighted by atomic mass is 35.5. The quantitative estimate of drug-likeness (QED) is 0.505. The molecule has 0 saturated carbocycles. The second-order valence-electron chi connectivity index (χ2n) is 4.39. The smallest absolute Gasteiger partial charge is 0.192 e. The van der Waals surface area contributed by atoms with Crippen molar-refractivity contribution in [2.75, 3.05) is 13.1 Å². The molecule has 0 atom stereocenters. The standard InChI is InChI=1S/C15H17ClN2O/c1-2-4-13(15-17-9-3-10-18-15)14(19)11-5-7-12(16)8-6-11/h2,5-8,17-18H,1,3-4,9-10H2. The predicted molar refractivity (Wildman–Crippen MR) is 78.2 cm³/mol. The van der Waals surface area contributed by atoms with Crippen molar-refractivity contribution >= 4 is 17.4 Å². The predicted octanol–water partition coefficient (Wildman–Crippen LogP) is 2.89. The SMILES string of the molecule is C=CCC(C(=O)c1ccc(Cl)cc1)=C1NCCCN1. The summed E-state index contributed by atoms with van der Waals surface area (Å²) in [6.45, 7) is 5.49. The number of carbonyl (C=O) groups excluding carboxylic acids is 1. The molecule has 1 aromatic carbocycles. The van der Waals surface area contributed by atoms with Crippen LogP contribution in [-0.4, -0.2) is 18.9 Å². The Morgan fingerprint density at radius 1 is 1.26 bits per heavy atom. The van der Waals surface area contributed by atoms with E-state index in [0.29, 0.717) is 17.0 Å². The molecule has 0 spiro atoms. The van der Waals surface area contributed by atoms with E-state index in [-0.39, 0.29) is 5.78 Å². The van der Waals surface area contributed by atoms with Gasteiger partial charge in [-0.3, -0.25) is 4.79 Å². The number of hydrogen-bond acceptors (Lipinski definition) is 3. The molecule has 1 aliphatic heterocycles. The first-order valence-electron chi connectivity index (χ1n) is 6.34. The van der Waals surface area contributed by atoms with Crippen LogP contribution in [0.2, 0.25) is 5.02 Å². The first kappa shape index (κ1) is 13.7. The maximum absolute atomic E-state index is 12.5. The number of nitrogens with one attached hydrogen (secondary N) is 2. The van der Waals surface area contributed by atoms with E-state index in [2.05, 4.69) is 17.2 Å². The van der Waals surface area contributed by atoms with E-state index in [0.717, 1.165) is 30.9 Å². The molecule has 0 radical (unpaired) electrons. The van der Waals surface area contributed by atoms with Gasteiger partial charge in [0.1, 0.15) is 5.82 Å². The number of allylic oxidation sites excluding steroid dienone is 2. The Hall–Kier alpha value is -1.74. The van der Waals surface area contributed by atoms with Gasteiger partial charge in [0.25, 0.3) is 0 Å². The monoisotopic (exact) mass is 276 g/mol. The number of rotatable bonds is 4. The lowest BCUT2D eigenvalue weighted by atomic mass is 10.00. The van der Waals surface area contributed by atoms with Crippen LogP contribution in [-0.2, 0) is 0 Å². The minimum absolute atomic E-state index is 0.00784. The minimum Gasteiger partial charge on any atom is -0.371 e. The molecule has 0 bridgehead atoms. The Kier molecular flexibility index (Phi) is 4.63. The van der Waals surface area contributed by atoms with Gasteiger partial charge in [-0.05, 0) is 37.1 Å². The topological polar surface area (TPSA) is 41.1 Å². The number of hydrogen-bond donors (Lipinski definition) is 2. The molecule has 19 heavy (non-hydrogen) atoms. The summed E-state index contributed by atoms with van der Waals surface area (Å²) < 4.78 is 0. The number of carbonyl (C=O) groups is 1. The highest BCUT2D eigenvalue weighted by Gasteiger charge is 2.17. The lowest BCUT2D eigenvalue weighted by Gasteiger charge is -2.22. The molecule has 1 aromatic rings. The molecule has 4 heteroatoms. The minimum atomic E-state index is 0.00784. The number of ketones is 1. The first-order valence-corrected chi connectivity index (χ1v) is 6.72. The fourth-order valence-corrected chi connectivity index (χ4v) is 2.15. The van der Waals surface area contributed by atoms with Crippen LogP contribution < -0.4 is 10.6 Å². The van der Waals surface area contributed by atoms with Crippen molar-refractivity contribution < 1.29 is 4.79 Å². The molecule has 100 valence electrons. The van der Waals surface area contributed by atoms with Crippen molar-refractivity contribution in [3.8, 4) is 0 Å². The van der Waals surface area contributed by atoms with Crippen molar-refractivity contribution in [3.63, 3.8) is 0 Å². The first-order chi connectivity index (χ1) is 9.22. The van der Waals surface area contributed by atoms with Gasteiger partial charge in [0.2, 0.25) is 0 Å². The molecule has 2 rings (SSSR count). The largest absolute Gasteiger partial charge is 0.371 e. The Balaban J connectivity index is 2.30. The molecule has 1 heterocycles. The average molecular weight is 277 g/mol. The maximum Gasteiger partial charge on any atom is 0.192 e. The van der Waals surface area contributed by atoms with E-state index in [4.69, 9.17) is 11.6 Å². The third-order valence-electron chi connectivity index (χ3n) is 2.99. The molecule has 0 unspecified atom stereocenters. The third-order valence-corrected chi connectivity index (χ3v) is 3.24. The van der Waals surface area contributed by atoms with E-state index in [1.54, 1.807) is 30.3 Å². The zero-order chi connectivity index (χ0) is 13.7. The van der Waals surface area contributed by atoms with Gasteiger partial charge in [0, 0.05) is 29.2 Å². The van der Waals surface area contributed by atoms with Crippen molar-refractivity contribution in [3.05, 3.63) is 58.9 Å². The molecule has 3 nitrogen and oxygen atoms in total. The van der Waals surface area contributed by atoms with Crippen molar-refractivity contribution in [2.45, 2.75) is 12.8 Å². The van der Waals surface area contributed by atoms with Crippen molar-refractivity contribution in [1.29, 1.82) is 0 Å². The van der Waals surface area contributed by atoms with Crippen LogP contribution >= 0.6 is 11.6 Å². The molecular formula is C15H17ClN2O. The van der Waals surface area contributed by atoms with Crippen LogP contribution in [0.5, 0.6) is 0 Å². The van der Waals surface area contributed by atoms with Gasteiger partial charge in [-0.1, -0.05) is 17.7 Å². The average Bonchev–Trinajstić information content (AvgIpc) is 2.46. The lowest BCUT2D eigenvalue weighted by molar-refractivity contribution is 0.103. The third kappa shape index (κ3) is 3.38. The number of halogens is 1. The van der Waals surface area contributed by atoms with Gasteiger partial charge in [0.15, 0.2) is 5.78 Å². The van der Waals surface area contributed by atoms with Gasteiger partial charge in [-0.2, -0.15) is 0 Å². The van der Waals surface area contributed by atoms with Gasteiger partial charge in [-0.25, -0.2) is 0 Å². The summed E-state index contributed by atoms with van der Waals surface area (Å²) in [6.07, 6.45) is 3.34. The summed E-state index contributed by atoms with van der Waals surface area (Å²) in [5, 5.41) is 7.11. The van der Waals surface area contributed by atoms with Crippen LogP contribution in [0, 0.1) is 0 Å². The Morgan fingerprint density at radius 2 is 1.89 bits per heavy atom. The summed E-state index contributed by atoms with van der Waals surface area (Å²) in [5.41, 5.74) is 1.36. The zero-order valence-corrected chi connectivity index (χ0v) is 11.5. The molecule has 1 aliphatic rings. The summed E-state index contributed by atoms with van der Waals surface area (Å²) >= 11 is 5.84. The van der Waals surface area contributed by atoms with Crippen LogP contribution in [0.25, 0.3) is 0 Å². The van der Waals surface area contributed by atoms with Gasteiger partial charge >= 0.3 is 0 Å². The summed E-state index contributed by atoms with van der Waals surface area (Å²) in [6, 6.07) is 6.95. The highest BCUT2D eigenvalue weighted by Crippen LogP contribution is 2.17. The van der Waals surface area contributed by atoms with E-state index in [1.165, 1.54) is 0 Å². The Bertz CT molecular complexity index is 497. The summed E-state index contributed by atoms with van der Waals surface area (Å²) in [4.78, 5) is 12.5. The van der Waals surface area contributed by atoms with Crippen molar-refractivity contribution in [2.24, 2.45) is 0 Å². The Labute approximate surface area is 118 Å². The maximum atomic E-state index is 12.5. The van der Waals surface area contributed by atoms with Crippen molar-refractivity contribution in [1.82, 2.24) is 10.6 Å². The number of benzene rings is 1.